The van der Waals surface area contributed by atoms with E-state index in [0.29, 0.717) is 0 Å². The zero-order chi connectivity index (χ0) is 13.1. The Kier molecular flexibility index (Phi) is 2.99. The molecule has 0 N–H and O–H groups in total. The first-order valence-corrected chi connectivity index (χ1v) is 6.08. The van der Waals surface area contributed by atoms with Crippen LogP contribution in [0.4, 0.5) is 0 Å². The minimum atomic E-state index is -0.329. The molecule has 1 heterocycles. The van der Waals surface area contributed by atoms with Crippen molar-refractivity contribution in [2.45, 2.75) is 0 Å². The van der Waals surface area contributed by atoms with E-state index in [2.05, 4.69) is 24.3 Å². The van der Waals surface area contributed by atoms with Gasteiger partial charge in [0.05, 0.1) is 0 Å². The molecule has 0 saturated carbocycles. The Balaban J connectivity index is 1.95. The fraction of sp³-hybridized carbons (Fsp3) is 0. The number of hydrogen-bond acceptors (Lipinski definition) is 2. The van der Waals surface area contributed by atoms with Gasteiger partial charge in [0.2, 0.25) is 0 Å². The van der Waals surface area contributed by atoms with E-state index in [-0.39, 0.29) is 5.63 Å². The van der Waals surface area contributed by atoms with Crippen molar-refractivity contribution in [1.82, 2.24) is 0 Å². The normalized spacial score (nSPS) is 10.3. The summed E-state index contributed by atoms with van der Waals surface area (Å²) in [4.78, 5) is 10.9. The van der Waals surface area contributed by atoms with Crippen LogP contribution < -0.4 is 5.63 Å². The molecule has 0 fully saturated rings. The second-order valence-corrected chi connectivity index (χ2v) is 4.29. The fourth-order valence-corrected chi connectivity index (χ4v) is 2.01. The van der Waals surface area contributed by atoms with E-state index in [1.807, 2.05) is 30.3 Å². The lowest BCUT2D eigenvalue weighted by Crippen LogP contribution is -1.93. The van der Waals surface area contributed by atoms with E-state index in [1.165, 1.54) is 23.5 Å². The van der Waals surface area contributed by atoms with Gasteiger partial charge >= 0.3 is 5.63 Å². The summed E-state index contributed by atoms with van der Waals surface area (Å²) in [6.07, 6.45) is 1.49. The van der Waals surface area contributed by atoms with Crippen molar-refractivity contribution in [2.24, 2.45) is 0 Å². The summed E-state index contributed by atoms with van der Waals surface area (Å²) in [5.41, 5.74) is 3.96. The van der Waals surface area contributed by atoms with Crippen molar-refractivity contribution >= 4 is 0 Å². The zero-order valence-electron chi connectivity index (χ0n) is 10.2. The van der Waals surface area contributed by atoms with Gasteiger partial charge in [0, 0.05) is 11.6 Å². The van der Waals surface area contributed by atoms with Gasteiger partial charge in [-0.2, -0.15) is 0 Å². The van der Waals surface area contributed by atoms with Gasteiger partial charge in [-0.1, -0.05) is 54.6 Å². The van der Waals surface area contributed by atoms with Crippen molar-refractivity contribution in [3.63, 3.8) is 0 Å². The van der Waals surface area contributed by atoms with E-state index < -0.39 is 0 Å². The molecule has 0 atom stereocenters. The molecular formula is C17H12O2. The molecule has 0 radical (unpaired) electrons. The van der Waals surface area contributed by atoms with Crippen LogP contribution in [0, 0.1) is 0 Å². The molecule has 19 heavy (non-hydrogen) atoms. The maximum Gasteiger partial charge on any atom is 0.335 e. The molecule has 1 aromatic heterocycles. The summed E-state index contributed by atoms with van der Waals surface area (Å²) in [7, 11) is 0. The first-order chi connectivity index (χ1) is 9.33. The van der Waals surface area contributed by atoms with Gasteiger partial charge in [-0.25, -0.2) is 4.79 Å². The molecule has 2 nitrogen and oxygen atoms in total. The van der Waals surface area contributed by atoms with E-state index >= 15 is 0 Å². The Morgan fingerprint density at radius 2 is 1.11 bits per heavy atom. The summed E-state index contributed by atoms with van der Waals surface area (Å²) in [6.45, 7) is 0. The molecule has 92 valence electrons. The van der Waals surface area contributed by atoms with Crippen LogP contribution >= 0.6 is 0 Å². The molecule has 0 amide bonds. The molecule has 0 aliphatic rings. The molecule has 2 heteroatoms. The summed E-state index contributed by atoms with van der Waals surface area (Å²) < 4.78 is 4.87. The average Bonchev–Trinajstić information content (AvgIpc) is 2.49. The second-order valence-electron chi connectivity index (χ2n) is 4.29. The van der Waals surface area contributed by atoms with Crippen molar-refractivity contribution in [3.8, 4) is 22.3 Å². The number of hydrogen-bond donors (Lipinski definition) is 0. The van der Waals surface area contributed by atoms with Gasteiger partial charge in [0.25, 0.3) is 0 Å². The predicted molar refractivity (Wildman–Crippen MR) is 75.9 cm³/mol. The lowest BCUT2D eigenvalue weighted by Gasteiger charge is -2.04. The summed E-state index contributed by atoms with van der Waals surface area (Å²) in [6, 6.07) is 21.6. The highest BCUT2D eigenvalue weighted by Gasteiger charge is 2.00. The van der Waals surface area contributed by atoms with Crippen LogP contribution in [0.2, 0.25) is 0 Å². The molecule has 3 rings (SSSR count). The van der Waals surface area contributed by atoms with E-state index in [1.54, 1.807) is 6.07 Å². The quantitative estimate of drug-likeness (QED) is 0.686. The van der Waals surface area contributed by atoms with Crippen LogP contribution in [0.5, 0.6) is 0 Å². The Bertz CT molecular complexity index is 705. The van der Waals surface area contributed by atoms with Crippen LogP contribution in [0.15, 0.2) is 82.2 Å². The van der Waals surface area contributed by atoms with Gasteiger partial charge in [-0.3, -0.25) is 0 Å². The molecule has 0 bridgehead atoms. The minimum Gasteiger partial charge on any atom is -0.431 e. The van der Waals surface area contributed by atoms with Crippen LogP contribution in [0.25, 0.3) is 22.3 Å². The Morgan fingerprint density at radius 3 is 1.68 bits per heavy atom. The molecule has 0 aliphatic heterocycles. The second kappa shape index (κ2) is 4.94. The smallest absolute Gasteiger partial charge is 0.335 e. The number of benzene rings is 2. The van der Waals surface area contributed by atoms with Crippen molar-refractivity contribution < 1.29 is 4.42 Å². The summed E-state index contributed by atoms with van der Waals surface area (Å²) >= 11 is 0. The summed E-state index contributed by atoms with van der Waals surface area (Å²) in [5, 5.41) is 0. The van der Waals surface area contributed by atoms with Crippen molar-refractivity contribution in [3.05, 3.63) is 83.4 Å². The average molecular weight is 248 g/mol. The standard InChI is InChI=1S/C17H12O2/c18-17-11-10-16(12-19-17)15-8-6-14(7-9-15)13-4-2-1-3-5-13/h1-12H. The maximum atomic E-state index is 10.9. The third-order valence-corrected chi connectivity index (χ3v) is 3.03. The first-order valence-electron chi connectivity index (χ1n) is 6.08. The SMILES string of the molecule is O=c1ccc(-c2ccc(-c3ccccc3)cc2)co1. The zero-order valence-corrected chi connectivity index (χ0v) is 10.2. The highest BCUT2D eigenvalue weighted by Crippen LogP contribution is 2.23. The van der Waals surface area contributed by atoms with Crippen LogP contribution in [0.1, 0.15) is 0 Å². The molecule has 3 aromatic rings. The van der Waals surface area contributed by atoms with E-state index in [9.17, 15) is 4.79 Å². The largest absolute Gasteiger partial charge is 0.431 e. The molecule has 0 saturated heterocycles. The molecular weight excluding hydrogens is 236 g/mol. The van der Waals surface area contributed by atoms with E-state index in [0.717, 1.165) is 11.1 Å². The molecule has 0 unspecified atom stereocenters. The topological polar surface area (TPSA) is 30.2 Å². The highest BCUT2D eigenvalue weighted by molar-refractivity contribution is 5.69. The van der Waals surface area contributed by atoms with Crippen LogP contribution in [-0.2, 0) is 0 Å². The molecule has 0 spiro atoms. The van der Waals surface area contributed by atoms with Crippen LogP contribution in [0.3, 0.4) is 0 Å². The van der Waals surface area contributed by atoms with Gasteiger partial charge in [-0.15, -0.1) is 0 Å². The molecule has 0 aliphatic carbocycles. The van der Waals surface area contributed by atoms with Gasteiger partial charge < -0.3 is 4.42 Å². The van der Waals surface area contributed by atoms with Crippen molar-refractivity contribution in [2.75, 3.05) is 0 Å². The van der Waals surface area contributed by atoms with Crippen molar-refractivity contribution in [1.29, 1.82) is 0 Å². The molecule has 2 aromatic carbocycles. The predicted octanol–water partition coefficient (Wildman–Crippen LogP) is 3.97. The maximum absolute atomic E-state index is 10.9. The first kappa shape index (κ1) is 11.5. The van der Waals surface area contributed by atoms with E-state index in [4.69, 9.17) is 4.42 Å². The number of rotatable bonds is 2. The lowest BCUT2D eigenvalue weighted by atomic mass is 10.0. The summed E-state index contributed by atoms with van der Waals surface area (Å²) in [5.74, 6) is 0. The minimum absolute atomic E-state index is 0.329. The monoisotopic (exact) mass is 248 g/mol. The fourth-order valence-electron chi connectivity index (χ4n) is 2.01. The van der Waals surface area contributed by atoms with Gasteiger partial charge in [0.1, 0.15) is 6.26 Å². The Hall–Kier alpha value is -2.61. The highest BCUT2D eigenvalue weighted by atomic mass is 16.4. The van der Waals surface area contributed by atoms with Gasteiger partial charge in [-0.05, 0) is 22.8 Å². The third-order valence-electron chi connectivity index (χ3n) is 3.03. The van der Waals surface area contributed by atoms with Crippen LogP contribution in [-0.4, -0.2) is 0 Å². The lowest BCUT2D eigenvalue weighted by molar-refractivity contribution is 0.512. The Labute approximate surface area is 111 Å². The Morgan fingerprint density at radius 1 is 0.579 bits per heavy atom. The van der Waals surface area contributed by atoms with Gasteiger partial charge in [0.15, 0.2) is 0 Å². The third kappa shape index (κ3) is 2.47.